The molecule has 0 radical (unpaired) electrons. The highest BCUT2D eigenvalue weighted by molar-refractivity contribution is 6.30. The highest BCUT2D eigenvalue weighted by Gasteiger charge is 2.33. The molecule has 3 aliphatic rings. The SMILES string of the molecule is Clc1ccc2c(c1)Oc1ccccc1N2C1=CCCN1C1=NCCC1. The standard InChI is InChI=1S/C20H18ClN3O/c21-14-9-10-16-18(13-14)25-17-6-2-1-5-15(17)24(16)20-8-4-12-23(20)19-7-3-11-22-19/h1-2,5-6,8-10,13H,3-4,7,11-12H2. The highest BCUT2D eigenvalue weighted by atomic mass is 35.5. The molecule has 5 rings (SSSR count). The molecule has 126 valence electrons. The van der Waals surface area contributed by atoms with Gasteiger partial charge < -0.3 is 9.64 Å². The van der Waals surface area contributed by atoms with Crippen LogP contribution in [0.1, 0.15) is 19.3 Å². The van der Waals surface area contributed by atoms with E-state index in [0.717, 1.165) is 55.2 Å². The van der Waals surface area contributed by atoms with E-state index >= 15 is 0 Å². The smallest absolute Gasteiger partial charge is 0.153 e. The number of benzene rings is 2. The van der Waals surface area contributed by atoms with E-state index in [-0.39, 0.29) is 0 Å². The van der Waals surface area contributed by atoms with Crippen molar-refractivity contribution in [2.24, 2.45) is 4.99 Å². The third kappa shape index (κ3) is 2.40. The molecule has 3 aliphatic heterocycles. The molecule has 0 unspecified atom stereocenters. The van der Waals surface area contributed by atoms with Crippen LogP contribution in [0.15, 0.2) is 59.4 Å². The number of halogens is 1. The van der Waals surface area contributed by atoms with Gasteiger partial charge in [-0.15, -0.1) is 0 Å². The Bertz CT molecular complexity index is 906. The Hall–Kier alpha value is -2.46. The molecule has 0 bridgehead atoms. The van der Waals surface area contributed by atoms with Crippen LogP contribution in [0.25, 0.3) is 0 Å². The van der Waals surface area contributed by atoms with Gasteiger partial charge in [0.2, 0.25) is 0 Å². The van der Waals surface area contributed by atoms with E-state index in [4.69, 9.17) is 21.3 Å². The van der Waals surface area contributed by atoms with Crippen molar-refractivity contribution in [2.75, 3.05) is 18.0 Å². The fraction of sp³-hybridized carbons (Fsp3) is 0.250. The van der Waals surface area contributed by atoms with Gasteiger partial charge in [-0.2, -0.15) is 0 Å². The first-order valence-electron chi connectivity index (χ1n) is 8.69. The Morgan fingerprint density at radius 2 is 1.92 bits per heavy atom. The lowest BCUT2D eigenvalue weighted by Crippen LogP contribution is -2.35. The van der Waals surface area contributed by atoms with E-state index in [0.29, 0.717) is 5.02 Å². The van der Waals surface area contributed by atoms with Crippen molar-refractivity contribution in [3.63, 3.8) is 0 Å². The van der Waals surface area contributed by atoms with Gasteiger partial charge in [-0.25, -0.2) is 0 Å². The summed E-state index contributed by atoms with van der Waals surface area (Å²) in [6.07, 6.45) is 5.51. The van der Waals surface area contributed by atoms with Crippen LogP contribution in [-0.4, -0.2) is 23.8 Å². The monoisotopic (exact) mass is 351 g/mol. The predicted molar refractivity (Wildman–Crippen MR) is 101 cm³/mol. The minimum Gasteiger partial charge on any atom is -0.453 e. The average Bonchev–Trinajstić information content (AvgIpc) is 3.30. The summed E-state index contributed by atoms with van der Waals surface area (Å²) in [4.78, 5) is 9.34. The van der Waals surface area contributed by atoms with Crippen molar-refractivity contribution in [2.45, 2.75) is 19.3 Å². The summed E-state index contributed by atoms with van der Waals surface area (Å²) in [7, 11) is 0. The fourth-order valence-electron chi connectivity index (χ4n) is 3.74. The number of rotatable bonds is 1. The molecule has 0 atom stereocenters. The van der Waals surface area contributed by atoms with Gasteiger partial charge >= 0.3 is 0 Å². The molecule has 0 aliphatic carbocycles. The number of para-hydroxylation sites is 2. The lowest BCUT2D eigenvalue weighted by atomic mass is 10.1. The zero-order valence-electron chi connectivity index (χ0n) is 13.8. The molecule has 0 saturated heterocycles. The molecular formula is C20H18ClN3O. The molecule has 0 spiro atoms. The first-order valence-corrected chi connectivity index (χ1v) is 9.07. The van der Waals surface area contributed by atoms with E-state index in [1.165, 1.54) is 11.7 Å². The predicted octanol–water partition coefficient (Wildman–Crippen LogP) is 5.32. The van der Waals surface area contributed by atoms with Crippen LogP contribution in [0.5, 0.6) is 11.5 Å². The number of nitrogens with zero attached hydrogens (tertiary/aromatic N) is 3. The molecule has 3 heterocycles. The Labute approximate surface area is 152 Å². The van der Waals surface area contributed by atoms with Crippen molar-refractivity contribution in [1.82, 2.24) is 4.90 Å². The van der Waals surface area contributed by atoms with Crippen molar-refractivity contribution >= 4 is 28.8 Å². The quantitative estimate of drug-likeness (QED) is 0.695. The first kappa shape index (κ1) is 14.8. The maximum Gasteiger partial charge on any atom is 0.153 e. The molecule has 4 nitrogen and oxygen atoms in total. The molecule has 0 saturated carbocycles. The second-order valence-electron chi connectivity index (χ2n) is 6.42. The summed E-state index contributed by atoms with van der Waals surface area (Å²) in [5, 5.41) is 0.676. The van der Waals surface area contributed by atoms with E-state index in [2.05, 4.69) is 21.9 Å². The van der Waals surface area contributed by atoms with Gasteiger partial charge in [0.05, 0.1) is 11.4 Å². The molecule has 0 N–H and O–H groups in total. The molecule has 2 aromatic rings. The van der Waals surface area contributed by atoms with E-state index in [9.17, 15) is 0 Å². The summed E-state index contributed by atoms with van der Waals surface area (Å²) >= 11 is 6.20. The maximum atomic E-state index is 6.20. The summed E-state index contributed by atoms with van der Waals surface area (Å²) in [6, 6.07) is 14.0. The molecule has 2 aromatic carbocycles. The van der Waals surface area contributed by atoms with Crippen LogP contribution >= 0.6 is 11.6 Å². The van der Waals surface area contributed by atoms with Crippen molar-refractivity contribution < 1.29 is 4.74 Å². The van der Waals surface area contributed by atoms with Crippen LogP contribution in [0.3, 0.4) is 0 Å². The van der Waals surface area contributed by atoms with Crippen molar-refractivity contribution in [3.8, 4) is 11.5 Å². The van der Waals surface area contributed by atoms with Gasteiger partial charge in [0.1, 0.15) is 11.7 Å². The third-order valence-corrected chi connectivity index (χ3v) is 5.07. The zero-order chi connectivity index (χ0) is 16.8. The number of ether oxygens (including phenoxy) is 1. The number of hydrogen-bond acceptors (Lipinski definition) is 4. The summed E-state index contributed by atoms with van der Waals surface area (Å²) in [6.45, 7) is 1.92. The van der Waals surface area contributed by atoms with E-state index in [1.807, 2.05) is 36.4 Å². The van der Waals surface area contributed by atoms with Crippen LogP contribution in [0, 0.1) is 0 Å². The number of fused-ring (bicyclic) bond motifs is 2. The Kier molecular flexibility index (Phi) is 3.45. The summed E-state index contributed by atoms with van der Waals surface area (Å²) in [5.41, 5.74) is 2.06. The first-order chi connectivity index (χ1) is 12.3. The lowest BCUT2D eigenvalue weighted by molar-refractivity contribution is 0.467. The van der Waals surface area contributed by atoms with Gasteiger partial charge in [-0.1, -0.05) is 23.7 Å². The minimum absolute atomic E-state index is 0.676. The number of amidine groups is 1. The van der Waals surface area contributed by atoms with Crippen LogP contribution in [0.2, 0.25) is 5.02 Å². The van der Waals surface area contributed by atoms with Crippen molar-refractivity contribution in [1.29, 1.82) is 0 Å². The molecular weight excluding hydrogens is 334 g/mol. The lowest BCUT2D eigenvalue weighted by Gasteiger charge is -2.37. The van der Waals surface area contributed by atoms with Gasteiger partial charge in [-0.3, -0.25) is 9.89 Å². The third-order valence-electron chi connectivity index (χ3n) is 4.84. The Morgan fingerprint density at radius 1 is 1.04 bits per heavy atom. The van der Waals surface area contributed by atoms with Crippen LogP contribution in [0.4, 0.5) is 11.4 Å². The number of aliphatic imine (C=N–C) groups is 1. The number of hydrogen-bond donors (Lipinski definition) is 0. The van der Waals surface area contributed by atoms with Crippen LogP contribution in [-0.2, 0) is 0 Å². The minimum atomic E-state index is 0.676. The second kappa shape index (κ2) is 5.81. The van der Waals surface area contributed by atoms with Crippen molar-refractivity contribution in [3.05, 3.63) is 59.4 Å². The summed E-state index contributed by atoms with van der Waals surface area (Å²) in [5.74, 6) is 3.99. The normalized spacial score (nSPS) is 18.4. The molecule has 25 heavy (non-hydrogen) atoms. The highest BCUT2D eigenvalue weighted by Crippen LogP contribution is 2.50. The van der Waals surface area contributed by atoms with Gasteiger partial charge in [-0.05, 0) is 43.2 Å². The van der Waals surface area contributed by atoms with E-state index in [1.54, 1.807) is 0 Å². The van der Waals surface area contributed by atoms with E-state index < -0.39 is 0 Å². The fourth-order valence-corrected chi connectivity index (χ4v) is 3.91. The molecule has 0 aromatic heterocycles. The topological polar surface area (TPSA) is 28.1 Å². The average molecular weight is 352 g/mol. The Morgan fingerprint density at radius 3 is 2.80 bits per heavy atom. The molecule has 0 amide bonds. The molecule has 0 fully saturated rings. The van der Waals surface area contributed by atoms with Gasteiger partial charge in [0.15, 0.2) is 11.5 Å². The summed E-state index contributed by atoms with van der Waals surface area (Å²) < 4.78 is 6.11. The maximum absolute atomic E-state index is 6.20. The largest absolute Gasteiger partial charge is 0.453 e. The second-order valence-corrected chi connectivity index (χ2v) is 6.86. The molecule has 5 heteroatoms. The van der Waals surface area contributed by atoms with Gasteiger partial charge in [0.25, 0.3) is 0 Å². The Balaban J connectivity index is 1.65. The van der Waals surface area contributed by atoms with Gasteiger partial charge in [0, 0.05) is 30.6 Å². The number of anilines is 2. The van der Waals surface area contributed by atoms with Crippen LogP contribution < -0.4 is 9.64 Å². The zero-order valence-corrected chi connectivity index (χ0v) is 14.5.